The van der Waals surface area contributed by atoms with Crippen LogP contribution in [0.3, 0.4) is 0 Å². The second-order valence-electron chi connectivity index (χ2n) is 1.08. The van der Waals surface area contributed by atoms with Crippen molar-refractivity contribution >= 4 is 9.24 Å². The minimum absolute atomic E-state index is 1.33. The van der Waals surface area contributed by atoms with Gasteiger partial charge >= 0.3 is 0 Å². The molecule has 0 aromatic carbocycles. The second-order valence-corrected chi connectivity index (χ2v) is 2.23. The van der Waals surface area contributed by atoms with Crippen molar-refractivity contribution in [2.24, 2.45) is 0 Å². The molecule has 0 rings (SSSR count). The fourth-order valence-corrected chi connectivity index (χ4v) is 0. The van der Waals surface area contributed by atoms with Crippen LogP contribution in [0.5, 0.6) is 0 Å². The van der Waals surface area contributed by atoms with Gasteiger partial charge in [-0.2, -0.15) is 13.8 Å². The Kier molecular flexibility index (Phi) is 1.91. The molecular formula is C3H8P-. The van der Waals surface area contributed by atoms with Crippen molar-refractivity contribution in [1.29, 1.82) is 0 Å². The van der Waals surface area contributed by atoms with Gasteiger partial charge in [-0.1, -0.05) is 0 Å². The van der Waals surface area contributed by atoms with Gasteiger partial charge in [-0.05, 0) is 0 Å². The summed E-state index contributed by atoms with van der Waals surface area (Å²) in [4.78, 5) is 0. The van der Waals surface area contributed by atoms with E-state index >= 15 is 0 Å². The molecular weight excluding hydrogens is 67.0 g/mol. The van der Waals surface area contributed by atoms with E-state index in [1.165, 1.54) is 5.66 Å². The first-order chi connectivity index (χ1) is 1.73. The van der Waals surface area contributed by atoms with Gasteiger partial charge in [0.15, 0.2) is 0 Å². The maximum absolute atomic E-state index is 2.57. The average Bonchev–Trinajstić information content (AvgIpc) is 0.811. The molecule has 0 aliphatic carbocycles. The predicted octanol–water partition coefficient (Wildman–Crippen LogP) is 1.43. The molecule has 26 valence electrons. The molecule has 0 heterocycles. The van der Waals surface area contributed by atoms with E-state index < -0.39 is 0 Å². The fraction of sp³-hybridized carbons (Fsp3) is 0.667. The Bertz CT molecular complexity index is 8.00. The smallest absolute Gasteiger partial charge is 0.186 e. The number of hydrogen-bond donors (Lipinski definition) is 0. The van der Waals surface area contributed by atoms with Crippen LogP contribution < -0.4 is 0 Å². The van der Waals surface area contributed by atoms with Crippen molar-refractivity contribution in [3.8, 4) is 0 Å². The van der Waals surface area contributed by atoms with Gasteiger partial charge < -0.3 is 0 Å². The predicted molar refractivity (Wildman–Crippen MR) is 24.3 cm³/mol. The van der Waals surface area contributed by atoms with Crippen LogP contribution in [0.4, 0.5) is 0 Å². The average molecular weight is 75.1 g/mol. The van der Waals surface area contributed by atoms with Crippen LogP contribution in [0.25, 0.3) is 0 Å². The lowest BCUT2D eigenvalue weighted by molar-refractivity contribution is 1.34. The molecule has 0 nitrogen and oxygen atoms in total. The van der Waals surface area contributed by atoms with Crippen LogP contribution in [0.2, 0.25) is 0 Å². The summed E-state index contributed by atoms with van der Waals surface area (Å²) in [6.07, 6.45) is 0. The largest absolute Gasteiger partial charge is 0.299 e. The Balaban J connectivity index is 2.32. The molecule has 1 heteroatoms. The van der Waals surface area contributed by atoms with Crippen molar-refractivity contribution in [3.05, 3.63) is 5.66 Å². The monoisotopic (exact) mass is 75.0 g/mol. The lowest BCUT2D eigenvalue weighted by atomic mass is 10.6. The molecule has 0 aliphatic heterocycles. The second kappa shape index (κ2) is 1.72. The third kappa shape index (κ3) is 26.9. The van der Waals surface area contributed by atoms with Gasteiger partial charge in [0.25, 0.3) is 0 Å². The maximum atomic E-state index is 2.57. The Morgan fingerprint density at radius 1 is 1.50 bits per heavy atom. The van der Waals surface area contributed by atoms with Crippen molar-refractivity contribution in [3.63, 3.8) is 0 Å². The molecule has 0 saturated heterocycles. The molecule has 0 aromatic rings. The quantitative estimate of drug-likeness (QED) is 0.302. The highest BCUT2D eigenvalue weighted by molar-refractivity contribution is 7.20. The molecule has 0 amide bonds. The molecule has 1 unspecified atom stereocenters. The summed E-state index contributed by atoms with van der Waals surface area (Å²) in [6, 6.07) is 0. The van der Waals surface area contributed by atoms with E-state index in [0.717, 1.165) is 0 Å². The molecule has 0 spiro atoms. The standard InChI is InChI=1S/C3H8P/c1-3(2)4/h4H2,1-2H3/q-1. The summed E-state index contributed by atoms with van der Waals surface area (Å²) in [5, 5.41) is 0. The summed E-state index contributed by atoms with van der Waals surface area (Å²) in [6.45, 7) is 4.09. The summed E-state index contributed by atoms with van der Waals surface area (Å²) in [5.74, 6) is 0. The van der Waals surface area contributed by atoms with E-state index in [9.17, 15) is 0 Å². The van der Waals surface area contributed by atoms with Crippen molar-refractivity contribution < 1.29 is 0 Å². The minimum atomic E-state index is 1.33. The van der Waals surface area contributed by atoms with Crippen LogP contribution in [0, 0.1) is 5.66 Å². The van der Waals surface area contributed by atoms with Crippen LogP contribution in [0.1, 0.15) is 13.8 Å². The Morgan fingerprint density at radius 2 is 1.50 bits per heavy atom. The first-order valence-corrected chi connectivity index (χ1v) is 1.87. The van der Waals surface area contributed by atoms with Gasteiger partial charge in [-0.25, -0.2) is 0 Å². The zero-order valence-corrected chi connectivity index (χ0v) is 4.23. The zero-order valence-electron chi connectivity index (χ0n) is 3.08. The summed E-state index contributed by atoms with van der Waals surface area (Å²) in [5.41, 5.74) is 1.33. The van der Waals surface area contributed by atoms with Gasteiger partial charge in [0, 0.05) is 0 Å². The molecule has 0 bridgehead atoms. The number of rotatable bonds is 0. The van der Waals surface area contributed by atoms with E-state index in [-0.39, 0.29) is 0 Å². The highest BCUT2D eigenvalue weighted by Crippen LogP contribution is 2.02. The van der Waals surface area contributed by atoms with Crippen LogP contribution in [-0.4, -0.2) is 0 Å². The van der Waals surface area contributed by atoms with Gasteiger partial charge in [-0.15, -0.1) is 0 Å². The molecule has 0 saturated carbocycles. The molecule has 0 radical (unpaired) electrons. The summed E-state index contributed by atoms with van der Waals surface area (Å²) in [7, 11) is 2.57. The first kappa shape index (κ1) is 4.43. The Labute approximate surface area is 29.8 Å². The van der Waals surface area contributed by atoms with E-state index in [1.54, 1.807) is 0 Å². The topological polar surface area (TPSA) is 0 Å². The summed E-state index contributed by atoms with van der Waals surface area (Å²) >= 11 is 0. The zero-order chi connectivity index (χ0) is 3.58. The molecule has 0 aromatic heterocycles. The molecule has 1 atom stereocenters. The maximum Gasteiger partial charge on any atom is -0.186 e. The lowest BCUT2D eigenvalue weighted by Crippen LogP contribution is -1.53. The van der Waals surface area contributed by atoms with E-state index in [1.807, 2.05) is 13.8 Å². The summed E-state index contributed by atoms with van der Waals surface area (Å²) < 4.78 is 0. The van der Waals surface area contributed by atoms with E-state index in [2.05, 4.69) is 9.24 Å². The van der Waals surface area contributed by atoms with Gasteiger partial charge in [0.1, 0.15) is 0 Å². The van der Waals surface area contributed by atoms with Crippen LogP contribution in [-0.2, 0) is 0 Å². The third-order valence-corrected chi connectivity index (χ3v) is 0. The molecule has 0 N–H and O–H groups in total. The van der Waals surface area contributed by atoms with Crippen molar-refractivity contribution in [2.75, 3.05) is 0 Å². The highest BCUT2D eigenvalue weighted by atomic mass is 31.0. The SMILES string of the molecule is C[C-](C)P. The van der Waals surface area contributed by atoms with Gasteiger partial charge in [-0.3, -0.25) is 14.9 Å². The normalized spacial score (nSPS) is 9.00. The van der Waals surface area contributed by atoms with Crippen molar-refractivity contribution in [1.82, 2.24) is 0 Å². The lowest BCUT2D eigenvalue weighted by Gasteiger charge is -1.99. The molecule has 4 heavy (non-hydrogen) atoms. The van der Waals surface area contributed by atoms with Crippen LogP contribution in [0.15, 0.2) is 0 Å². The van der Waals surface area contributed by atoms with Gasteiger partial charge in [0.05, 0.1) is 0 Å². The third-order valence-electron chi connectivity index (χ3n) is 0. The van der Waals surface area contributed by atoms with E-state index in [0.29, 0.717) is 0 Å². The minimum Gasteiger partial charge on any atom is -0.299 e. The first-order valence-electron chi connectivity index (χ1n) is 1.29. The van der Waals surface area contributed by atoms with Gasteiger partial charge in [0.2, 0.25) is 0 Å². The highest BCUT2D eigenvalue weighted by Gasteiger charge is 1.47. The Morgan fingerprint density at radius 3 is 1.50 bits per heavy atom. The fourth-order valence-electron chi connectivity index (χ4n) is 0. The Hall–Kier alpha value is 0.430. The van der Waals surface area contributed by atoms with E-state index in [4.69, 9.17) is 0 Å². The molecule has 0 fully saturated rings. The molecule has 0 aliphatic rings. The number of hydrogen-bond acceptors (Lipinski definition) is 0. The van der Waals surface area contributed by atoms with Crippen LogP contribution >= 0.6 is 9.24 Å². The van der Waals surface area contributed by atoms with Crippen molar-refractivity contribution in [2.45, 2.75) is 13.8 Å².